The molecule has 126 valence electrons. The van der Waals surface area contributed by atoms with E-state index in [-0.39, 0.29) is 29.4 Å². The Labute approximate surface area is 139 Å². The van der Waals surface area contributed by atoms with E-state index in [9.17, 15) is 13.8 Å². The van der Waals surface area contributed by atoms with Gasteiger partial charge in [0.05, 0.1) is 0 Å². The van der Waals surface area contributed by atoms with Crippen molar-refractivity contribution >= 4 is 22.6 Å². The highest BCUT2D eigenvalue weighted by molar-refractivity contribution is 7.84. The summed E-state index contributed by atoms with van der Waals surface area (Å²) in [5.41, 5.74) is 1.38. The standard InChI is InChI=1S/C17H24N2O3S/c1-19(2)17(21)14-7-5-6-13(10-14)11-23(22)12-16(20)18-15-8-3-4-9-15/h5-7,10,15H,3-4,8-9,11-12H2,1-2H3,(H,18,20)/t23-/m1/s1. The van der Waals surface area contributed by atoms with E-state index in [1.54, 1.807) is 32.3 Å². The largest absolute Gasteiger partial charge is 0.353 e. The van der Waals surface area contributed by atoms with Gasteiger partial charge in [-0.1, -0.05) is 25.0 Å². The monoisotopic (exact) mass is 336 g/mol. The summed E-state index contributed by atoms with van der Waals surface area (Å²) in [5, 5.41) is 2.95. The van der Waals surface area contributed by atoms with Gasteiger partial charge in [0.15, 0.2) is 0 Å². The molecule has 1 atom stereocenters. The third-order valence-electron chi connectivity index (χ3n) is 3.92. The number of amides is 2. The highest BCUT2D eigenvalue weighted by Crippen LogP contribution is 2.17. The zero-order chi connectivity index (χ0) is 16.8. The SMILES string of the molecule is CN(C)C(=O)c1cccc(C[S@@](=O)CC(=O)NC2CCCC2)c1. The van der Waals surface area contributed by atoms with Gasteiger partial charge in [0.25, 0.3) is 5.91 Å². The lowest BCUT2D eigenvalue weighted by molar-refractivity contribution is -0.119. The zero-order valence-electron chi connectivity index (χ0n) is 13.7. The molecule has 2 amide bonds. The van der Waals surface area contributed by atoms with Crippen LogP contribution in [-0.2, 0) is 21.3 Å². The highest BCUT2D eigenvalue weighted by Gasteiger charge is 2.18. The van der Waals surface area contributed by atoms with E-state index >= 15 is 0 Å². The topological polar surface area (TPSA) is 66.5 Å². The molecule has 0 bridgehead atoms. The molecule has 23 heavy (non-hydrogen) atoms. The van der Waals surface area contributed by atoms with Crippen LogP contribution in [-0.4, -0.2) is 46.8 Å². The third-order valence-corrected chi connectivity index (χ3v) is 5.16. The molecule has 1 N–H and O–H groups in total. The average Bonchev–Trinajstić information content (AvgIpc) is 2.99. The maximum absolute atomic E-state index is 12.2. The van der Waals surface area contributed by atoms with E-state index in [0.717, 1.165) is 31.2 Å². The molecule has 0 aliphatic heterocycles. The Morgan fingerprint density at radius 2 is 1.96 bits per heavy atom. The number of rotatable bonds is 6. The predicted molar refractivity (Wildman–Crippen MR) is 91.6 cm³/mol. The molecule has 1 fully saturated rings. The summed E-state index contributed by atoms with van der Waals surface area (Å²) in [6.45, 7) is 0. The number of benzene rings is 1. The van der Waals surface area contributed by atoms with Crippen LogP contribution < -0.4 is 5.32 Å². The van der Waals surface area contributed by atoms with E-state index in [1.165, 1.54) is 4.90 Å². The van der Waals surface area contributed by atoms with E-state index in [2.05, 4.69) is 5.32 Å². The van der Waals surface area contributed by atoms with Crippen molar-refractivity contribution in [2.45, 2.75) is 37.5 Å². The first-order valence-electron chi connectivity index (χ1n) is 7.90. The van der Waals surface area contributed by atoms with Gasteiger partial charge in [-0.05, 0) is 30.5 Å². The summed E-state index contributed by atoms with van der Waals surface area (Å²) < 4.78 is 12.2. The number of carbonyl (C=O) groups is 2. The first-order valence-corrected chi connectivity index (χ1v) is 9.39. The van der Waals surface area contributed by atoms with Crippen LogP contribution in [0.15, 0.2) is 24.3 Å². The van der Waals surface area contributed by atoms with Gasteiger partial charge in [0, 0.05) is 42.3 Å². The molecule has 0 radical (unpaired) electrons. The number of hydrogen-bond donors (Lipinski definition) is 1. The lowest BCUT2D eigenvalue weighted by atomic mass is 10.1. The third kappa shape index (κ3) is 5.46. The minimum atomic E-state index is -1.27. The Kier molecular flexibility index (Phi) is 6.33. The molecule has 1 saturated carbocycles. The van der Waals surface area contributed by atoms with Crippen molar-refractivity contribution in [3.05, 3.63) is 35.4 Å². The summed E-state index contributed by atoms with van der Waals surface area (Å²) in [5.74, 6) is 0.0713. The fourth-order valence-electron chi connectivity index (χ4n) is 2.77. The van der Waals surface area contributed by atoms with Gasteiger partial charge in [0.2, 0.25) is 5.91 Å². The fourth-order valence-corrected chi connectivity index (χ4v) is 3.80. The van der Waals surface area contributed by atoms with E-state index in [1.807, 2.05) is 6.07 Å². The van der Waals surface area contributed by atoms with Crippen molar-refractivity contribution in [1.82, 2.24) is 10.2 Å². The van der Waals surface area contributed by atoms with Crippen molar-refractivity contribution in [2.75, 3.05) is 19.8 Å². The van der Waals surface area contributed by atoms with Crippen LogP contribution in [0.2, 0.25) is 0 Å². The van der Waals surface area contributed by atoms with E-state index < -0.39 is 10.8 Å². The predicted octanol–water partition coefficient (Wildman–Crippen LogP) is 1.70. The van der Waals surface area contributed by atoms with E-state index in [4.69, 9.17) is 0 Å². The van der Waals surface area contributed by atoms with Crippen LogP contribution in [0.1, 0.15) is 41.6 Å². The second kappa shape index (κ2) is 8.24. The summed E-state index contributed by atoms with van der Waals surface area (Å²) in [7, 11) is 2.12. The molecular weight excluding hydrogens is 312 g/mol. The molecule has 2 rings (SSSR count). The van der Waals surface area contributed by atoms with Crippen molar-refractivity contribution in [3.63, 3.8) is 0 Å². The Balaban J connectivity index is 1.88. The minimum Gasteiger partial charge on any atom is -0.353 e. The van der Waals surface area contributed by atoms with Gasteiger partial charge in [-0.2, -0.15) is 0 Å². The maximum Gasteiger partial charge on any atom is 0.253 e. The van der Waals surface area contributed by atoms with Crippen molar-refractivity contribution in [1.29, 1.82) is 0 Å². The number of hydrogen-bond acceptors (Lipinski definition) is 3. The lowest BCUT2D eigenvalue weighted by Crippen LogP contribution is -2.35. The van der Waals surface area contributed by atoms with Crippen LogP contribution in [0.25, 0.3) is 0 Å². The van der Waals surface area contributed by atoms with Gasteiger partial charge < -0.3 is 10.2 Å². The van der Waals surface area contributed by atoms with Gasteiger partial charge in [-0.25, -0.2) is 0 Å². The summed E-state index contributed by atoms with van der Waals surface area (Å²) >= 11 is 0. The molecule has 1 aromatic carbocycles. The summed E-state index contributed by atoms with van der Waals surface area (Å²) in [6.07, 6.45) is 4.35. The van der Waals surface area contributed by atoms with Crippen LogP contribution in [0.5, 0.6) is 0 Å². The first kappa shape index (κ1) is 17.7. The Morgan fingerprint density at radius 3 is 2.61 bits per heavy atom. The molecule has 0 unspecified atom stereocenters. The normalized spacial score (nSPS) is 16.1. The van der Waals surface area contributed by atoms with Crippen molar-refractivity contribution in [3.8, 4) is 0 Å². The second-order valence-corrected chi connectivity index (χ2v) is 7.63. The Morgan fingerprint density at radius 1 is 1.26 bits per heavy atom. The summed E-state index contributed by atoms with van der Waals surface area (Å²) in [4.78, 5) is 25.3. The summed E-state index contributed by atoms with van der Waals surface area (Å²) in [6, 6.07) is 7.35. The van der Waals surface area contributed by atoms with Crippen LogP contribution in [0.3, 0.4) is 0 Å². The Bertz CT molecular complexity index is 595. The van der Waals surface area contributed by atoms with Crippen LogP contribution in [0.4, 0.5) is 0 Å². The van der Waals surface area contributed by atoms with E-state index in [0.29, 0.717) is 5.56 Å². The molecule has 6 heteroatoms. The number of carbonyl (C=O) groups excluding carboxylic acids is 2. The van der Waals surface area contributed by atoms with Gasteiger partial charge >= 0.3 is 0 Å². The molecular formula is C17H24N2O3S. The van der Waals surface area contributed by atoms with Crippen molar-refractivity contribution < 1.29 is 13.8 Å². The lowest BCUT2D eigenvalue weighted by Gasteiger charge is -2.12. The van der Waals surface area contributed by atoms with Crippen LogP contribution >= 0.6 is 0 Å². The molecule has 0 aromatic heterocycles. The van der Waals surface area contributed by atoms with Gasteiger partial charge in [-0.15, -0.1) is 0 Å². The maximum atomic E-state index is 12.2. The molecule has 0 saturated heterocycles. The smallest absolute Gasteiger partial charge is 0.253 e. The molecule has 5 nitrogen and oxygen atoms in total. The minimum absolute atomic E-state index is 0.0162. The molecule has 1 aliphatic rings. The molecule has 0 spiro atoms. The van der Waals surface area contributed by atoms with Gasteiger partial charge in [0.1, 0.15) is 5.75 Å². The fraction of sp³-hybridized carbons (Fsp3) is 0.529. The highest BCUT2D eigenvalue weighted by atomic mass is 32.2. The molecule has 0 heterocycles. The number of nitrogens with zero attached hydrogens (tertiary/aromatic N) is 1. The van der Waals surface area contributed by atoms with Crippen molar-refractivity contribution in [2.24, 2.45) is 0 Å². The van der Waals surface area contributed by atoms with Gasteiger partial charge in [-0.3, -0.25) is 13.8 Å². The average molecular weight is 336 g/mol. The zero-order valence-corrected chi connectivity index (χ0v) is 14.5. The first-order chi connectivity index (χ1) is 11.0. The molecule has 1 aromatic rings. The van der Waals surface area contributed by atoms with Crippen LogP contribution in [0, 0.1) is 0 Å². The Hall–Kier alpha value is -1.69. The second-order valence-electron chi connectivity index (χ2n) is 6.18. The molecule has 1 aliphatic carbocycles. The number of nitrogens with one attached hydrogen (secondary N) is 1. The quantitative estimate of drug-likeness (QED) is 0.860.